The van der Waals surface area contributed by atoms with Crippen LogP contribution >= 0.6 is 0 Å². The van der Waals surface area contributed by atoms with Gasteiger partial charge in [0.1, 0.15) is 5.60 Å². The van der Waals surface area contributed by atoms with E-state index in [2.05, 4.69) is 10.6 Å². The molecule has 0 saturated carbocycles. The first-order chi connectivity index (χ1) is 9.67. The van der Waals surface area contributed by atoms with Gasteiger partial charge in [-0.2, -0.15) is 0 Å². The smallest absolute Gasteiger partial charge is 0.410 e. The van der Waals surface area contributed by atoms with Crippen LogP contribution in [0.25, 0.3) is 0 Å². The maximum absolute atomic E-state index is 11.9. The van der Waals surface area contributed by atoms with Crippen LogP contribution in [-0.2, 0) is 4.74 Å². The summed E-state index contributed by atoms with van der Waals surface area (Å²) in [5.74, 6) is 0.418. The lowest BCUT2D eigenvalue weighted by atomic mass is 9.97. The molecule has 0 aromatic heterocycles. The molecule has 0 radical (unpaired) electrons. The van der Waals surface area contributed by atoms with Gasteiger partial charge in [0, 0.05) is 25.7 Å². The van der Waals surface area contributed by atoms with Crippen molar-refractivity contribution < 1.29 is 14.3 Å². The molecule has 1 saturated heterocycles. The number of amides is 3. The molecule has 122 valence electrons. The molecule has 0 aromatic rings. The van der Waals surface area contributed by atoms with E-state index >= 15 is 0 Å². The molecule has 0 aliphatic carbocycles. The fourth-order valence-corrected chi connectivity index (χ4v) is 2.20. The summed E-state index contributed by atoms with van der Waals surface area (Å²) in [6, 6.07) is 0.0126. The summed E-state index contributed by atoms with van der Waals surface area (Å²) in [5, 5.41) is 5.68. The van der Waals surface area contributed by atoms with Crippen molar-refractivity contribution in [2.45, 2.75) is 59.1 Å². The highest BCUT2D eigenvalue weighted by atomic mass is 16.6. The van der Waals surface area contributed by atoms with Crippen molar-refractivity contribution in [3.8, 4) is 0 Å². The van der Waals surface area contributed by atoms with Crippen molar-refractivity contribution in [3.05, 3.63) is 0 Å². The van der Waals surface area contributed by atoms with E-state index in [9.17, 15) is 9.59 Å². The van der Waals surface area contributed by atoms with Crippen molar-refractivity contribution in [3.63, 3.8) is 0 Å². The van der Waals surface area contributed by atoms with Gasteiger partial charge in [0.25, 0.3) is 0 Å². The molecule has 21 heavy (non-hydrogen) atoms. The Hall–Kier alpha value is -1.46. The molecular formula is C15H29N3O3. The number of hydrogen-bond acceptors (Lipinski definition) is 3. The molecule has 0 spiro atoms. The Bertz CT molecular complexity index is 356. The average Bonchev–Trinajstić information content (AvgIpc) is 2.34. The van der Waals surface area contributed by atoms with Crippen LogP contribution in [0.1, 0.15) is 47.5 Å². The highest BCUT2D eigenvalue weighted by molar-refractivity contribution is 5.74. The maximum atomic E-state index is 11.9. The molecule has 1 aliphatic heterocycles. The van der Waals surface area contributed by atoms with Gasteiger partial charge < -0.3 is 20.3 Å². The molecule has 1 rings (SSSR count). The number of ether oxygens (including phenoxy) is 1. The summed E-state index contributed by atoms with van der Waals surface area (Å²) in [6.07, 6.45) is 1.54. The zero-order valence-electron chi connectivity index (χ0n) is 13.9. The first kappa shape index (κ1) is 17.6. The number of nitrogens with one attached hydrogen (secondary N) is 2. The molecule has 6 heteroatoms. The summed E-state index contributed by atoms with van der Waals surface area (Å²) in [7, 11) is 0. The second-order valence-corrected chi connectivity index (χ2v) is 6.92. The van der Waals surface area contributed by atoms with E-state index in [-0.39, 0.29) is 18.2 Å². The van der Waals surface area contributed by atoms with Crippen LogP contribution in [-0.4, -0.2) is 48.3 Å². The Kier molecular flexibility index (Phi) is 6.30. The van der Waals surface area contributed by atoms with Gasteiger partial charge in [-0.25, -0.2) is 9.59 Å². The average molecular weight is 299 g/mol. The van der Waals surface area contributed by atoms with Crippen LogP contribution in [0.2, 0.25) is 0 Å². The second kappa shape index (κ2) is 7.52. The van der Waals surface area contributed by atoms with Crippen molar-refractivity contribution in [1.82, 2.24) is 15.5 Å². The predicted octanol–water partition coefficient (Wildman–Crippen LogP) is 2.34. The number of rotatable bonds is 3. The first-order valence-corrected chi connectivity index (χ1v) is 7.69. The second-order valence-electron chi connectivity index (χ2n) is 6.92. The SMILES string of the molecule is CC(C)NC(=O)NCC1CCN(C(=O)OC(C)(C)C)CC1. The summed E-state index contributed by atoms with van der Waals surface area (Å²) < 4.78 is 5.36. The van der Waals surface area contributed by atoms with Crippen molar-refractivity contribution in [2.24, 2.45) is 5.92 Å². The number of carbonyl (C=O) groups excluding carboxylic acids is 2. The van der Waals surface area contributed by atoms with Crippen LogP contribution in [0.5, 0.6) is 0 Å². The van der Waals surface area contributed by atoms with Gasteiger partial charge >= 0.3 is 12.1 Å². The number of piperidine rings is 1. The number of likely N-dealkylation sites (tertiary alicyclic amines) is 1. The van der Waals surface area contributed by atoms with Gasteiger partial charge in [0.05, 0.1) is 0 Å². The van der Waals surface area contributed by atoms with Gasteiger partial charge in [0.2, 0.25) is 0 Å². The Morgan fingerprint density at radius 2 is 1.81 bits per heavy atom. The molecule has 1 aliphatic rings. The monoisotopic (exact) mass is 299 g/mol. The van der Waals surface area contributed by atoms with E-state index in [1.165, 1.54) is 0 Å². The topological polar surface area (TPSA) is 70.7 Å². The van der Waals surface area contributed by atoms with Crippen LogP contribution in [0.3, 0.4) is 0 Å². The summed E-state index contributed by atoms with van der Waals surface area (Å²) in [6.45, 7) is 11.5. The third kappa shape index (κ3) is 7.20. The summed E-state index contributed by atoms with van der Waals surface area (Å²) in [5.41, 5.74) is -0.454. The van der Waals surface area contributed by atoms with Crippen molar-refractivity contribution >= 4 is 12.1 Å². The molecular weight excluding hydrogens is 270 g/mol. The lowest BCUT2D eigenvalue weighted by Crippen LogP contribution is -2.45. The van der Waals surface area contributed by atoms with E-state index in [1.807, 2.05) is 34.6 Å². The Morgan fingerprint density at radius 3 is 2.29 bits per heavy atom. The van der Waals surface area contributed by atoms with Gasteiger partial charge in [-0.05, 0) is 53.4 Å². The minimum Gasteiger partial charge on any atom is -0.444 e. The quantitative estimate of drug-likeness (QED) is 0.840. The molecule has 0 unspecified atom stereocenters. The minimum absolute atomic E-state index is 0.125. The molecule has 0 aromatic carbocycles. The van der Waals surface area contributed by atoms with Gasteiger partial charge in [0.15, 0.2) is 0 Å². The molecule has 2 N–H and O–H groups in total. The van der Waals surface area contributed by atoms with Gasteiger partial charge in [-0.15, -0.1) is 0 Å². The fourth-order valence-electron chi connectivity index (χ4n) is 2.20. The van der Waals surface area contributed by atoms with Crippen molar-refractivity contribution in [1.29, 1.82) is 0 Å². The van der Waals surface area contributed by atoms with E-state index in [4.69, 9.17) is 4.74 Å². The number of nitrogens with zero attached hydrogens (tertiary/aromatic N) is 1. The summed E-state index contributed by atoms with van der Waals surface area (Å²) in [4.78, 5) is 25.2. The van der Waals surface area contributed by atoms with E-state index in [1.54, 1.807) is 4.90 Å². The van der Waals surface area contributed by atoms with Crippen LogP contribution in [0, 0.1) is 5.92 Å². The third-order valence-corrected chi connectivity index (χ3v) is 3.24. The third-order valence-electron chi connectivity index (χ3n) is 3.24. The Balaban J connectivity index is 2.26. The van der Waals surface area contributed by atoms with Crippen molar-refractivity contribution in [2.75, 3.05) is 19.6 Å². The Labute approximate surface area is 127 Å². The van der Waals surface area contributed by atoms with Crippen LogP contribution in [0.15, 0.2) is 0 Å². The minimum atomic E-state index is -0.454. The highest BCUT2D eigenvalue weighted by Gasteiger charge is 2.26. The molecule has 0 bridgehead atoms. The standard InChI is InChI=1S/C15H29N3O3/c1-11(2)17-13(19)16-10-12-6-8-18(9-7-12)14(20)21-15(3,4)5/h11-12H,6-10H2,1-5H3,(H2,16,17,19). The lowest BCUT2D eigenvalue weighted by Gasteiger charge is -2.33. The van der Waals surface area contributed by atoms with Crippen LogP contribution in [0.4, 0.5) is 9.59 Å². The number of urea groups is 1. The van der Waals surface area contributed by atoms with Gasteiger partial charge in [-0.1, -0.05) is 0 Å². The normalized spacial score (nSPS) is 16.8. The first-order valence-electron chi connectivity index (χ1n) is 7.69. The zero-order chi connectivity index (χ0) is 16.0. The molecule has 1 fully saturated rings. The van der Waals surface area contributed by atoms with E-state index in [0.29, 0.717) is 25.6 Å². The largest absolute Gasteiger partial charge is 0.444 e. The zero-order valence-corrected chi connectivity index (χ0v) is 13.9. The fraction of sp³-hybridized carbons (Fsp3) is 0.867. The molecule has 3 amide bonds. The van der Waals surface area contributed by atoms with Crippen LogP contribution < -0.4 is 10.6 Å². The maximum Gasteiger partial charge on any atom is 0.410 e. The number of carbonyl (C=O) groups is 2. The van der Waals surface area contributed by atoms with Gasteiger partial charge in [-0.3, -0.25) is 0 Å². The molecule has 6 nitrogen and oxygen atoms in total. The van der Waals surface area contributed by atoms with E-state index in [0.717, 1.165) is 12.8 Å². The number of hydrogen-bond donors (Lipinski definition) is 2. The predicted molar refractivity (Wildman–Crippen MR) is 82.2 cm³/mol. The van der Waals surface area contributed by atoms with E-state index < -0.39 is 5.60 Å². The lowest BCUT2D eigenvalue weighted by molar-refractivity contribution is 0.0184. The molecule has 1 heterocycles. The Morgan fingerprint density at radius 1 is 1.24 bits per heavy atom. The summed E-state index contributed by atoms with van der Waals surface area (Å²) >= 11 is 0. The highest BCUT2D eigenvalue weighted by Crippen LogP contribution is 2.19. The molecule has 0 atom stereocenters.